The summed E-state index contributed by atoms with van der Waals surface area (Å²) >= 11 is 0. The molecule has 2 N–H and O–H groups in total. The molecule has 124 valence electrons. The van der Waals surface area contributed by atoms with Crippen molar-refractivity contribution in [1.29, 1.82) is 0 Å². The number of aliphatic hydroxyl groups is 1. The van der Waals surface area contributed by atoms with Crippen molar-refractivity contribution in [3.63, 3.8) is 0 Å². The predicted octanol–water partition coefficient (Wildman–Crippen LogP) is 3.73. The third-order valence-corrected chi connectivity index (χ3v) is 4.24. The van der Waals surface area contributed by atoms with E-state index in [2.05, 4.69) is 33.0 Å². The van der Waals surface area contributed by atoms with Gasteiger partial charge in [0.05, 0.1) is 12.0 Å². The van der Waals surface area contributed by atoms with Crippen LogP contribution in [0.2, 0.25) is 0 Å². The number of hydrogen-bond donors (Lipinski definition) is 2. The second-order valence-electron chi connectivity index (χ2n) is 7.21. The third-order valence-electron chi connectivity index (χ3n) is 4.24. The fourth-order valence-electron chi connectivity index (χ4n) is 2.94. The Bertz CT molecular complexity index is 454. The monoisotopic (exact) mass is 305 g/mol. The first-order chi connectivity index (χ1) is 10.3. The Balaban J connectivity index is 2.78. The lowest BCUT2D eigenvalue weighted by Gasteiger charge is -2.29. The second-order valence-corrected chi connectivity index (χ2v) is 7.21. The molecule has 0 saturated carbocycles. The van der Waals surface area contributed by atoms with E-state index in [0.717, 1.165) is 12.0 Å². The molecule has 0 aliphatic carbocycles. The lowest BCUT2D eigenvalue weighted by molar-refractivity contribution is -0.124. The van der Waals surface area contributed by atoms with Crippen LogP contribution in [0.4, 0.5) is 0 Å². The van der Waals surface area contributed by atoms with E-state index < -0.39 is 0 Å². The Morgan fingerprint density at radius 2 is 1.82 bits per heavy atom. The molecule has 0 aromatic heterocycles. The minimum atomic E-state index is -0.355. The molecule has 1 amide bonds. The normalized spacial score (nSPS) is 15.9. The number of nitrogens with one attached hydrogen (secondary N) is 1. The van der Waals surface area contributed by atoms with Crippen LogP contribution in [0.5, 0.6) is 0 Å². The van der Waals surface area contributed by atoms with Crippen molar-refractivity contribution in [2.45, 2.75) is 59.5 Å². The van der Waals surface area contributed by atoms with Crippen molar-refractivity contribution in [2.24, 2.45) is 11.3 Å². The van der Waals surface area contributed by atoms with Gasteiger partial charge in [-0.15, -0.1) is 0 Å². The molecule has 3 heteroatoms. The summed E-state index contributed by atoms with van der Waals surface area (Å²) in [6, 6.07) is 9.99. The van der Waals surface area contributed by atoms with Crippen LogP contribution < -0.4 is 5.32 Å². The van der Waals surface area contributed by atoms with Gasteiger partial charge in [-0.1, -0.05) is 64.4 Å². The quantitative estimate of drug-likeness (QED) is 0.769. The molecule has 0 spiro atoms. The standard InChI is InChI=1S/C19H31NO2/c1-6-14(2)17(16-10-8-7-9-11-16)18(22)20-13-19(4,5)12-15(3)21/h7-11,14-15,17,21H,6,12-13H2,1-5H3,(H,20,22). The number of aliphatic hydroxyl groups excluding tert-OH is 1. The van der Waals surface area contributed by atoms with Gasteiger partial charge in [0.2, 0.25) is 5.91 Å². The van der Waals surface area contributed by atoms with Gasteiger partial charge in [0.1, 0.15) is 0 Å². The number of carbonyl (C=O) groups excluding carboxylic acids is 1. The Morgan fingerprint density at radius 1 is 1.23 bits per heavy atom. The summed E-state index contributed by atoms with van der Waals surface area (Å²) < 4.78 is 0. The summed E-state index contributed by atoms with van der Waals surface area (Å²) in [5.74, 6) is 0.259. The molecule has 3 unspecified atom stereocenters. The van der Waals surface area contributed by atoms with Gasteiger partial charge >= 0.3 is 0 Å². The Kier molecular flexibility index (Phi) is 7.08. The zero-order valence-corrected chi connectivity index (χ0v) is 14.6. The molecule has 3 atom stereocenters. The molecule has 0 aliphatic rings. The summed E-state index contributed by atoms with van der Waals surface area (Å²) in [4.78, 5) is 12.7. The number of benzene rings is 1. The molecule has 0 radical (unpaired) electrons. The van der Waals surface area contributed by atoms with E-state index in [1.807, 2.05) is 30.3 Å². The summed E-state index contributed by atoms with van der Waals surface area (Å²) in [5.41, 5.74) is 0.961. The number of hydrogen-bond acceptors (Lipinski definition) is 2. The van der Waals surface area contributed by atoms with Crippen molar-refractivity contribution in [3.8, 4) is 0 Å². The molecule has 0 heterocycles. The van der Waals surface area contributed by atoms with Gasteiger partial charge in [-0.2, -0.15) is 0 Å². The molecule has 0 fully saturated rings. The zero-order chi connectivity index (χ0) is 16.8. The molecule has 22 heavy (non-hydrogen) atoms. The fraction of sp³-hybridized carbons (Fsp3) is 0.632. The van der Waals surface area contributed by atoms with Crippen molar-refractivity contribution < 1.29 is 9.90 Å². The molecule has 1 aromatic carbocycles. The van der Waals surface area contributed by atoms with Gasteiger partial charge in [0.15, 0.2) is 0 Å². The van der Waals surface area contributed by atoms with Crippen LogP contribution in [0.3, 0.4) is 0 Å². The van der Waals surface area contributed by atoms with E-state index in [1.54, 1.807) is 6.92 Å². The first-order valence-electron chi connectivity index (χ1n) is 8.27. The van der Waals surface area contributed by atoms with Gasteiger partial charge in [-0.3, -0.25) is 4.79 Å². The Morgan fingerprint density at radius 3 is 2.32 bits per heavy atom. The Hall–Kier alpha value is -1.35. The van der Waals surface area contributed by atoms with E-state index in [0.29, 0.717) is 18.9 Å². The Labute approximate surface area is 135 Å². The van der Waals surface area contributed by atoms with E-state index in [9.17, 15) is 9.90 Å². The maximum Gasteiger partial charge on any atom is 0.227 e. The van der Waals surface area contributed by atoms with Crippen LogP contribution in [0.15, 0.2) is 30.3 Å². The van der Waals surface area contributed by atoms with Gasteiger partial charge in [-0.25, -0.2) is 0 Å². The first-order valence-corrected chi connectivity index (χ1v) is 8.27. The first kappa shape index (κ1) is 18.7. The van der Waals surface area contributed by atoms with Crippen LogP contribution in [0.1, 0.15) is 58.9 Å². The van der Waals surface area contributed by atoms with Crippen LogP contribution in [0, 0.1) is 11.3 Å². The van der Waals surface area contributed by atoms with Crippen LogP contribution >= 0.6 is 0 Å². The highest BCUT2D eigenvalue weighted by Crippen LogP contribution is 2.28. The number of rotatable bonds is 8. The second kappa shape index (κ2) is 8.33. The molecule has 1 rings (SSSR count). The van der Waals surface area contributed by atoms with Gasteiger partial charge < -0.3 is 10.4 Å². The highest BCUT2D eigenvalue weighted by Gasteiger charge is 2.28. The molecule has 3 nitrogen and oxygen atoms in total. The SMILES string of the molecule is CCC(C)C(C(=O)NCC(C)(C)CC(C)O)c1ccccc1. The average Bonchev–Trinajstić information content (AvgIpc) is 2.45. The minimum Gasteiger partial charge on any atom is -0.393 e. The zero-order valence-electron chi connectivity index (χ0n) is 14.6. The van der Waals surface area contributed by atoms with Crippen molar-refractivity contribution >= 4 is 5.91 Å². The van der Waals surface area contributed by atoms with Gasteiger partial charge in [0.25, 0.3) is 0 Å². The lowest BCUT2D eigenvalue weighted by Crippen LogP contribution is -2.39. The van der Waals surface area contributed by atoms with E-state index in [1.165, 1.54) is 0 Å². The van der Waals surface area contributed by atoms with Gasteiger partial charge in [-0.05, 0) is 30.2 Å². The summed E-state index contributed by atoms with van der Waals surface area (Å²) in [6.07, 6.45) is 1.28. The lowest BCUT2D eigenvalue weighted by atomic mass is 9.83. The predicted molar refractivity (Wildman–Crippen MR) is 91.7 cm³/mol. The van der Waals surface area contributed by atoms with Crippen LogP contribution in [-0.4, -0.2) is 23.7 Å². The average molecular weight is 305 g/mol. The summed E-state index contributed by atoms with van der Waals surface area (Å²) in [6.45, 7) is 10.7. The third kappa shape index (κ3) is 5.80. The fourth-order valence-corrected chi connectivity index (χ4v) is 2.94. The highest BCUT2D eigenvalue weighted by molar-refractivity contribution is 5.84. The molecular formula is C19H31NO2. The van der Waals surface area contributed by atoms with Gasteiger partial charge in [0, 0.05) is 6.54 Å². The van der Waals surface area contributed by atoms with E-state index in [-0.39, 0.29) is 23.3 Å². The topological polar surface area (TPSA) is 49.3 Å². The molecular weight excluding hydrogens is 274 g/mol. The molecule has 1 aromatic rings. The van der Waals surface area contributed by atoms with E-state index in [4.69, 9.17) is 0 Å². The summed E-state index contributed by atoms with van der Waals surface area (Å²) in [5, 5.41) is 12.6. The number of carbonyl (C=O) groups is 1. The maximum atomic E-state index is 12.7. The number of amides is 1. The molecule has 0 saturated heterocycles. The minimum absolute atomic E-state index is 0.0826. The smallest absolute Gasteiger partial charge is 0.227 e. The van der Waals surface area contributed by atoms with Crippen molar-refractivity contribution in [1.82, 2.24) is 5.32 Å². The van der Waals surface area contributed by atoms with Crippen LogP contribution in [-0.2, 0) is 4.79 Å². The largest absolute Gasteiger partial charge is 0.393 e. The summed E-state index contributed by atoms with van der Waals surface area (Å²) in [7, 11) is 0. The van der Waals surface area contributed by atoms with Crippen molar-refractivity contribution in [3.05, 3.63) is 35.9 Å². The molecule has 0 aliphatic heterocycles. The maximum absolute atomic E-state index is 12.7. The van der Waals surface area contributed by atoms with Crippen molar-refractivity contribution in [2.75, 3.05) is 6.54 Å². The van der Waals surface area contributed by atoms with Crippen LogP contribution in [0.25, 0.3) is 0 Å². The van der Waals surface area contributed by atoms with E-state index >= 15 is 0 Å². The molecule has 0 bridgehead atoms. The highest BCUT2D eigenvalue weighted by atomic mass is 16.3.